The molecule has 4 nitrogen and oxygen atoms in total. The van der Waals surface area contributed by atoms with Crippen molar-refractivity contribution in [3.63, 3.8) is 0 Å². The van der Waals surface area contributed by atoms with E-state index in [1.807, 2.05) is 31.2 Å². The largest absolute Gasteiger partial charge is 0.465 e. The van der Waals surface area contributed by atoms with Crippen molar-refractivity contribution in [2.75, 3.05) is 13.1 Å². The molecule has 1 rings (SSSR count). The van der Waals surface area contributed by atoms with Crippen LogP contribution >= 0.6 is 0 Å². The molecule has 0 spiro atoms. The summed E-state index contributed by atoms with van der Waals surface area (Å²) in [4.78, 5) is 11.4. The maximum Gasteiger partial charge on any atom is 0.221 e. The fraction of sp³-hybridized carbons (Fsp3) is 0.500. The van der Waals surface area contributed by atoms with Gasteiger partial charge < -0.3 is 15.1 Å². The summed E-state index contributed by atoms with van der Waals surface area (Å²) in [5.74, 6) is 0.943. The van der Waals surface area contributed by atoms with Gasteiger partial charge in [0.1, 0.15) is 5.76 Å². The standard InChI is InChI=1S/C14H22N2O2/c1-3-12(2)16-14(17)8-10-15-9-4-6-13-7-5-11-18-13/h4-7,11-12,15H,3,8-10H2,1-2H3,(H,16,17)/t12-/m0/s1. The number of rotatable bonds is 8. The summed E-state index contributed by atoms with van der Waals surface area (Å²) in [7, 11) is 0. The minimum absolute atomic E-state index is 0.104. The molecular weight excluding hydrogens is 228 g/mol. The highest BCUT2D eigenvalue weighted by molar-refractivity contribution is 5.76. The van der Waals surface area contributed by atoms with Gasteiger partial charge in [0.15, 0.2) is 0 Å². The van der Waals surface area contributed by atoms with E-state index in [9.17, 15) is 4.79 Å². The molecule has 18 heavy (non-hydrogen) atoms. The van der Waals surface area contributed by atoms with E-state index in [0.717, 1.165) is 18.7 Å². The number of amides is 1. The molecule has 1 heterocycles. The number of nitrogens with one attached hydrogen (secondary N) is 2. The van der Waals surface area contributed by atoms with Crippen LogP contribution in [0.4, 0.5) is 0 Å². The van der Waals surface area contributed by atoms with Gasteiger partial charge in [0.25, 0.3) is 0 Å². The molecule has 0 bridgehead atoms. The second kappa shape index (κ2) is 8.53. The van der Waals surface area contributed by atoms with Gasteiger partial charge in [0.2, 0.25) is 5.91 Å². The molecule has 0 aliphatic carbocycles. The Hall–Kier alpha value is -1.55. The molecule has 100 valence electrons. The van der Waals surface area contributed by atoms with E-state index < -0.39 is 0 Å². The Bertz CT molecular complexity index is 358. The molecule has 0 aliphatic heterocycles. The molecule has 0 saturated carbocycles. The first-order valence-corrected chi connectivity index (χ1v) is 6.42. The highest BCUT2D eigenvalue weighted by atomic mass is 16.3. The summed E-state index contributed by atoms with van der Waals surface area (Å²) >= 11 is 0. The minimum Gasteiger partial charge on any atom is -0.465 e. The summed E-state index contributed by atoms with van der Waals surface area (Å²) in [5.41, 5.74) is 0. The first-order chi connectivity index (χ1) is 8.72. The van der Waals surface area contributed by atoms with E-state index in [4.69, 9.17) is 4.42 Å². The first kappa shape index (κ1) is 14.5. The van der Waals surface area contributed by atoms with Gasteiger partial charge in [-0.15, -0.1) is 0 Å². The van der Waals surface area contributed by atoms with Gasteiger partial charge in [-0.3, -0.25) is 4.79 Å². The van der Waals surface area contributed by atoms with E-state index >= 15 is 0 Å². The van der Waals surface area contributed by atoms with E-state index in [2.05, 4.69) is 17.6 Å². The Kier molecular flexibility index (Phi) is 6.87. The van der Waals surface area contributed by atoms with Crippen LogP contribution in [-0.2, 0) is 4.79 Å². The summed E-state index contributed by atoms with van der Waals surface area (Å²) in [6.45, 7) is 5.49. The van der Waals surface area contributed by atoms with Crippen LogP contribution in [0.1, 0.15) is 32.4 Å². The maximum atomic E-state index is 11.4. The van der Waals surface area contributed by atoms with Crippen molar-refractivity contribution in [3.8, 4) is 0 Å². The maximum absolute atomic E-state index is 11.4. The molecule has 0 fully saturated rings. The van der Waals surface area contributed by atoms with Gasteiger partial charge >= 0.3 is 0 Å². The molecule has 2 N–H and O–H groups in total. The molecule has 1 aromatic rings. The second-order valence-electron chi connectivity index (χ2n) is 4.25. The third kappa shape index (κ3) is 6.25. The van der Waals surface area contributed by atoms with E-state index in [0.29, 0.717) is 13.0 Å². The lowest BCUT2D eigenvalue weighted by molar-refractivity contribution is -0.121. The molecule has 0 unspecified atom stereocenters. The average Bonchev–Trinajstić information content (AvgIpc) is 2.86. The van der Waals surface area contributed by atoms with Crippen molar-refractivity contribution in [2.45, 2.75) is 32.7 Å². The van der Waals surface area contributed by atoms with Crippen molar-refractivity contribution < 1.29 is 9.21 Å². The predicted molar refractivity (Wildman–Crippen MR) is 73.1 cm³/mol. The van der Waals surface area contributed by atoms with Gasteiger partial charge in [-0.1, -0.05) is 13.0 Å². The van der Waals surface area contributed by atoms with E-state index in [1.54, 1.807) is 6.26 Å². The summed E-state index contributed by atoms with van der Waals surface area (Å²) in [6, 6.07) is 4.01. The van der Waals surface area contributed by atoms with Crippen molar-refractivity contribution in [1.29, 1.82) is 0 Å². The minimum atomic E-state index is 0.104. The Balaban J connectivity index is 2.03. The average molecular weight is 250 g/mol. The molecule has 0 aromatic carbocycles. The number of furan rings is 1. The lowest BCUT2D eigenvalue weighted by atomic mass is 10.2. The molecule has 0 aliphatic rings. The monoisotopic (exact) mass is 250 g/mol. The lowest BCUT2D eigenvalue weighted by Crippen LogP contribution is -2.34. The highest BCUT2D eigenvalue weighted by Crippen LogP contribution is 2.01. The summed E-state index contributed by atoms with van der Waals surface area (Å²) in [5, 5.41) is 6.11. The third-order valence-corrected chi connectivity index (χ3v) is 2.64. The molecule has 4 heteroatoms. The van der Waals surface area contributed by atoms with Gasteiger partial charge in [-0.2, -0.15) is 0 Å². The number of carbonyl (C=O) groups is 1. The predicted octanol–water partition coefficient (Wildman–Crippen LogP) is 2.19. The van der Waals surface area contributed by atoms with Gasteiger partial charge in [-0.05, 0) is 31.6 Å². The smallest absolute Gasteiger partial charge is 0.221 e. The van der Waals surface area contributed by atoms with Crippen LogP contribution < -0.4 is 10.6 Å². The van der Waals surface area contributed by atoms with Gasteiger partial charge in [0.05, 0.1) is 6.26 Å². The lowest BCUT2D eigenvalue weighted by Gasteiger charge is -2.11. The number of hydrogen-bond acceptors (Lipinski definition) is 3. The zero-order chi connectivity index (χ0) is 13.2. The Morgan fingerprint density at radius 2 is 2.39 bits per heavy atom. The van der Waals surface area contributed by atoms with E-state index in [1.165, 1.54) is 0 Å². The van der Waals surface area contributed by atoms with E-state index in [-0.39, 0.29) is 11.9 Å². The molecule has 0 radical (unpaired) electrons. The zero-order valence-corrected chi connectivity index (χ0v) is 11.1. The Morgan fingerprint density at radius 3 is 3.06 bits per heavy atom. The molecule has 1 amide bonds. The number of carbonyl (C=O) groups excluding carboxylic acids is 1. The van der Waals surface area contributed by atoms with Crippen LogP contribution in [-0.4, -0.2) is 25.0 Å². The van der Waals surface area contributed by atoms with Crippen molar-refractivity contribution >= 4 is 12.0 Å². The summed E-state index contributed by atoms with van der Waals surface area (Å²) < 4.78 is 5.16. The highest BCUT2D eigenvalue weighted by Gasteiger charge is 2.03. The van der Waals surface area contributed by atoms with Crippen LogP contribution in [0.2, 0.25) is 0 Å². The first-order valence-electron chi connectivity index (χ1n) is 6.42. The fourth-order valence-corrected chi connectivity index (χ4v) is 1.40. The van der Waals surface area contributed by atoms with Gasteiger partial charge in [0, 0.05) is 25.6 Å². The quantitative estimate of drug-likeness (QED) is 0.695. The molecule has 1 aromatic heterocycles. The molecule has 0 saturated heterocycles. The topological polar surface area (TPSA) is 54.3 Å². The third-order valence-electron chi connectivity index (χ3n) is 2.64. The Morgan fingerprint density at radius 1 is 1.56 bits per heavy atom. The van der Waals surface area contributed by atoms with Crippen LogP contribution in [0.25, 0.3) is 6.08 Å². The SMILES string of the molecule is CC[C@H](C)NC(=O)CCNCC=Cc1ccco1. The van der Waals surface area contributed by atoms with Crippen molar-refractivity contribution in [3.05, 3.63) is 30.2 Å². The Labute approximate surface area is 108 Å². The van der Waals surface area contributed by atoms with Crippen molar-refractivity contribution in [1.82, 2.24) is 10.6 Å². The zero-order valence-electron chi connectivity index (χ0n) is 11.1. The van der Waals surface area contributed by atoms with Crippen molar-refractivity contribution in [2.24, 2.45) is 0 Å². The van der Waals surface area contributed by atoms with Crippen LogP contribution in [0, 0.1) is 0 Å². The van der Waals surface area contributed by atoms with Gasteiger partial charge in [-0.25, -0.2) is 0 Å². The van der Waals surface area contributed by atoms with Crippen LogP contribution in [0.5, 0.6) is 0 Å². The normalized spacial score (nSPS) is 12.8. The van der Waals surface area contributed by atoms with Crippen LogP contribution in [0.3, 0.4) is 0 Å². The number of hydrogen-bond donors (Lipinski definition) is 2. The second-order valence-corrected chi connectivity index (χ2v) is 4.25. The summed E-state index contributed by atoms with van der Waals surface area (Å²) in [6.07, 6.45) is 7.01. The van der Waals surface area contributed by atoms with Crippen LogP contribution in [0.15, 0.2) is 28.9 Å². The molecule has 1 atom stereocenters. The molecular formula is C14H22N2O2. The fourth-order valence-electron chi connectivity index (χ4n) is 1.40.